The number of nitrogens with one attached hydrogen (secondary N) is 1. The summed E-state index contributed by atoms with van der Waals surface area (Å²) >= 11 is 1.65. The third-order valence-corrected chi connectivity index (χ3v) is 4.75. The van der Waals surface area contributed by atoms with Crippen molar-refractivity contribution in [2.24, 2.45) is 0 Å². The molecule has 1 unspecified atom stereocenters. The Morgan fingerprint density at radius 1 is 1.45 bits per heavy atom. The molecule has 1 N–H and O–H groups in total. The fourth-order valence-corrected chi connectivity index (χ4v) is 3.78. The van der Waals surface area contributed by atoms with Gasteiger partial charge in [0.05, 0.1) is 5.56 Å². The predicted octanol–water partition coefficient (Wildman–Crippen LogP) is 3.15. The molecule has 2 heterocycles. The summed E-state index contributed by atoms with van der Waals surface area (Å²) in [5, 5.41) is 6.28. The summed E-state index contributed by atoms with van der Waals surface area (Å²) in [4.78, 5) is 14.7. The number of nitrogens with zero attached hydrogens (tertiary/aromatic N) is 1. The van der Waals surface area contributed by atoms with Crippen molar-refractivity contribution in [3.05, 3.63) is 35.2 Å². The first-order chi connectivity index (χ1) is 9.31. The van der Waals surface area contributed by atoms with Gasteiger partial charge in [0.15, 0.2) is 0 Å². The van der Waals surface area contributed by atoms with Crippen LogP contribution in [0.15, 0.2) is 29.6 Å². The van der Waals surface area contributed by atoms with E-state index >= 15 is 0 Å². The van der Waals surface area contributed by atoms with E-state index in [1.807, 2.05) is 35.5 Å². The standard InChI is InChI=1S/C15H18N2OS.ClH/c1-16-9-11-5-4-8-17(11)15(18)13-10-19-14-7-3-2-6-12(13)14;/h2-3,6-7,10-11,16H,4-5,8-9H2,1H3;1H. The number of benzene rings is 1. The van der Waals surface area contributed by atoms with Crippen LogP contribution >= 0.6 is 23.7 Å². The van der Waals surface area contributed by atoms with Crippen molar-refractivity contribution in [1.82, 2.24) is 10.2 Å². The molecule has 108 valence electrons. The summed E-state index contributed by atoms with van der Waals surface area (Å²) in [6.45, 7) is 1.77. The molecular weight excluding hydrogens is 292 g/mol. The number of likely N-dealkylation sites (N-methyl/N-ethyl adjacent to an activating group) is 1. The molecule has 1 fully saturated rings. The van der Waals surface area contributed by atoms with E-state index in [0.717, 1.165) is 36.9 Å². The quantitative estimate of drug-likeness (QED) is 0.944. The molecule has 0 aliphatic carbocycles. The Bertz CT molecular complexity index is 598. The number of halogens is 1. The van der Waals surface area contributed by atoms with Gasteiger partial charge in [0.1, 0.15) is 0 Å². The zero-order valence-corrected chi connectivity index (χ0v) is 13.1. The largest absolute Gasteiger partial charge is 0.334 e. The Balaban J connectivity index is 0.00000147. The molecule has 1 aliphatic rings. The number of rotatable bonds is 3. The molecule has 20 heavy (non-hydrogen) atoms. The van der Waals surface area contributed by atoms with Gasteiger partial charge in [-0.05, 0) is 26.0 Å². The number of fused-ring (bicyclic) bond motifs is 1. The average Bonchev–Trinajstić information content (AvgIpc) is 3.04. The molecule has 0 bridgehead atoms. The molecule has 1 saturated heterocycles. The van der Waals surface area contributed by atoms with Gasteiger partial charge in [0, 0.05) is 34.6 Å². The van der Waals surface area contributed by atoms with Gasteiger partial charge in [0.25, 0.3) is 5.91 Å². The maximum absolute atomic E-state index is 12.7. The molecule has 1 atom stereocenters. The van der Waals surface area contributed by atoms with E-state index in [9.17, 15) is 4.79 Å². The zero-order valence-electron chi connectivity index (χ0n) is 11.5. The van der Waals surface area contributed by atoms with Crippen LogP contribution < -0.4 is 5.32 Å². The maximum atomic E-state index is 12.7. The topological polar surface area (TPSA) is 32.3 Å². The first-order valence-electron chi connectivity index (χ1n) is 6.73. The minimum atomic E-state index is 0. The number of hydrogen-bond acceptors (Lipinski definition) is 3. The van der Waals surface area contributed by atoms with Gasteiger partial charge in [0.2, 0.25) is 0 Å². The van der Waals surface area contributed by atoms with Crippen LogP contribution in [0.4, 0.5) is 0 Å². The maximum Gasteiger partial charge on any atom is 0.255 e. The second kappa shape index (κ2) is 6.57. The van der Waals surface area contributed by atoms with Crippen LogP contribution in [0, 0.1) is 0 Å². The SMILES string of the molecule is CNCC1CCCN1C(=O)c1csc2ccccc12.Cl. The van der Waals surface area contributed by atoms with Crippen molar-refractivity contribution in [3.8, 4) is 0 Å². The van der Waals surface area contributed by atoms with Crippen molar-refractivity contribution >= 4 is 39.7 Å². The van der Waals surface area contributed by atoms with E-state index in [1.165, 1.54) is 4.70 Å². The molecule has 1 aromatic carbocycles. The third kappa shape index (κ3) is 2.68. The number of hydrogen-bond donors (Lipinski definition) is 1. The highest BCUT2D eigenvalue weighted by Gasteiger charge is 2.29. The molecule has 5 heteroatoms. The molecule has 3 rings (SSSR count). The van der Waals surface area contributed by atoms with Crippen LogP contribution in [-0.4, -0.2) is 37.0 Å². The van der Waals surface area contributed by atoms with Gasteiger partial charge >= 0.3 is 0 Å². The number of carbonyl (C=O) groups is 1. The van der Waals surface area contributed by atoms with Crippen LogP contribution in [0.5, 0.6) is 0 Å². The first-order valence-corrected chi connectivity index (χ1v) is 7.61. The van der Waals surface area contributed by atoms with Gasteiger partial charge in [-0.15, -0.1) is 23.7 Å². The Labute approximate surface area is 129 Å². The molecule has 0 spiro atoms. The van der Waals surface area contributed by atoms with E-state index in [2.05, 4.69) is 11.4 Å². The fraction of sp³-hybridized carbons (Fsp3) is 0.400. The summed E-state index contributed by atoms with van der Waals surface area (Å²) in [5.41, 5.74) is 0.864. The summed E-state index contributed by atoms with van der Waals surface area (Å²) in [6.07, 6.45) is 2.22. The smallest absolute Gasteiger partial charge is 0.255 e. The lowest BCUT2D eigenvalue weighted by molar-refractivity contribution is 0.0739. The average molecular weight is 311 g/mol. The molecule has 1 aromatic heterocycles. The molecule has 1 aliphatic heterocycles. The van der Waals surface area contributed by atoms with Crippen LogP contribution in [0.2, 0.25) is 0 Å². The minimum Gasteiger partial charge on any atom is -0.334 e. The van der Waals surface area contributed by atoms with Crippen molar-refractivity contribution in [2.45, 2.75) is 18.9 Å². The Morgan fingerprint density at radius 2 is 2.25 bits per heavy atom. The third-order valence-electron chi connectivity index (χ3n) is 3.79. The van der Waals surface area contributed by atoms with Gasteiger partial charge in [-0.25, -0.2) is 0 Å². The lowest BCUT2D eigenvalue weighted by Crippen LogP contribution is -2.40. The zero-order chi connectivity index (χ0) is 13.2. The monoisotopic (exact) mass is 310 g/mol. The number of thiophene rings is 1. The highest BCUT2D eigenvalue weighted by atomic mass is 35.5. The first kappa shape index (κ1) is 15.3. The lowest BCUT2D eigenvalue weighted by Gasteiger charge is -2.24. The van der Waals surface area contributed by atoms with E-state index in [-0.39, 0.29) is 18.3 Å². The minimum absolute atomic E-state index is 0. The fourth-order valence-electron chi connectivity index (χ4n) is 2.85. The summed E-state index contributed by atoms with van der Waals surface area (Å²) in [5.74, 6) is 0.190. The molecular formula is C15H19ClN2OS. The van der Waals surface area contributed by atoms with Gasteiger partial charge < -0.3 is 10.2 Å². The molecule has 0 saturated carbocycles. The van der Waals surface area contributed by atoms with E-state index < -0.39 is 0 Å². The van der Waals surface area contributed by atoms with Crippen LogP contribution in [0.1, 0.15) is 23.2 Å². The van der Waals surface area contributed by atoms with E-state index in [1.54, 1.807) is 11.3 Å². The van der Waals surface area contributed by atoms with Gasteiger partial charge in [-0.2, -0.15) is 0 Å². The second-order valence-electron chi connectivity index (χ2n) is 5.00. The van der Waals surface area contributed by atoms with Crippen molar-refractivity contribution < 1.29 is 4.79 Å². The van der Waals surface area contributed by atoms with Crippen molar-refractivity contribution in [2.75, 3.05) is 20.1 Å². The van der Waals surface area contributed by atoms with Gasteiger partial charge in [-0.3, -0.25) is 4.79 Å². The Morgan fingerprint density at radius 3 is 3.05 bits per heavy atom. The highest BCUT2D eigenvalue weighted by molar-refractivity contribution is 7.17. The summed E-state index contributed by atoms with van der Waals surface area (Å²) in [6, 6.07) is 8.48. The highest BCUT2D eigenvalue weighted by Crippen LogP contribution is 2.28. The molecule has 3 nitrogen and oxygen atoms in total. The van der Waals surface area contributed by atoms with E-state index in [0.29, 0.717) is 6.04 Å². The van der Waals surface area contributed by atoms with E-state index in [4.69, 9.17) is 0 Å². The molecule has 0 radical (unpaired) electrons. The van der Waals surface area contributed by atoms with Crippen molar-refractivity contribution in [3.63, 3.8) is 0 Å². The van der Waals surface area contributed by atoms with Gasteiger partial charge in [-0.1, -0.05) is 18.2 Å². The van der Waals surface area contributed by atoms with Crippen molar-refractivity contribution in [1.29, 1.82) is 0 Å². The normalized spacial score (nSPS) is 18.2. The van der Waals surface area contributed by atoms with Crippen LogP contribution in [-0.2, 0) is 0 Å². The number of amides is 1. The molecule has 1 amide bonds. The van der Waals surface area contributed by atoms with Crippen LogP contribution in [0.3, 0.4) is 0 Å². The number of likely N-dealkylation sites (tertiary alicyclic amines) is 1. The number of carbonyl (C=O) groups excluding carboxylic acids is 1. The van der Waals surface area contributed by atoms with Crippen LogP contribution in [0.25, 0.3) is 10.1 Å². The Hall–Kier alpha value is -1.10. The predicted molar refractivity (Wildman–Crippen MR) is 87.1 cm³/mol. The summed E-state index contributed by atoms with van der Waals surface area (Å²) < 4.78 is 1.19. The molecule has 2 aromatic rings. The Kier molecular flexibility index (Phi) is 5.02. The summed E-state index contributed by atoms with van der Waals surface area (Å²) in [7, 11) is 1.95. The second-order valence-corrected chi connectivity index (χ2v) is 5.91. The lowest BCUT2D eigenvalue weighted by atomic mass is 10.1.